The number of nitrogens with one attached hydrogen (secondary N) is 1. The molecule has 1 aromatic carbocycles. The first-order valence-electron chi connectivity index (χ1n) is 7.18. The molecule has 0 saturated carbocycles. The van der Waals surface area contributed by atoms with Crippen molar-refractivity contribution in [2.75, 3.05) is 6.54 Å². The maximum absolute atomic E-state index is 12.3. The lowest BCUT2D eigenvalue weighted by Crippen LogP contribution is -2.66. The minimum Gasteiger partial charge on any atom is -0.345 e. The highest BCUT2D eigenvalue weighted by atomic mass is 16.2. The summed E-state index contributed by atoms with van der Waals surface area (Å²) < 4.78 is 0. The van der Waals surface area contributed by atoms with Gasteiger partial charge in [0.2, 0.25) is 11.8 Å². The molecule has 0 radical (unpaired) electrons. The molecule has 108 valence electrons. The minimum atomic E-state index is -0.708. The monoisotopic (exact) mass is 274 g/mol. The fourth-order valence-electron chi connectivity index (χ4n) is 2.85. The molecule has 1 fully saturated rings. The lowest BCUT2D eigenvalue weighted by molar-refractivity contribution is -0.155. The second-order valence-electron chi connectivity index (χ2n) is 5.39. The summed E-state index contributed by atoms with van der Waals surface area (Å²) in [5.41, 5.74) is 1.54. The number of benzene rings is 1. The molecule has 2 rings (SSSR count). The molecule has 1 N–H and O–H groups in total. The summed E-state index contributed by atoms with van der Waals surface area (Å²) in [6.45, 7) is 6.56. The number of hydrogen-bond donors (Lipinski definition) is 1. The quantitative estimate of drug-likeness (QED) is 0.913. The van der Waals surface area contributed by atoms with Crippen LogP contribution in [0.3, 0.4) is 0 Å². The molecule has 1 aliphatic heterocycles. The predicted molar refractivity (Wildman–Crippen MR) is 78.1 cm³/mol. The number of aryl methyl sites for hydroxylation is 1. The maximum Gasteiger partial charge on any atom is 0.246 e. The van der Waals surface area contributed by atoms with E-state index in [0.29, 0.717) is 19.4 Å². The molecule has 0 aliphatic carbocycles. The van der Waals surface area contributed by atoms with Crippen molar-refractivity contribution < 1.29 is 9.59 Å². The Kier molecular flexibility index (Phi) is 4.12. The molecular formula is C16H22N2O2. The zero-order chi connectivity index (χ0) is 14.8. The molecular weight excluding hydrogens is 252 g/mol. The van der Waals surface area contributed by atoms with Gasteiger partial charge in [0.25, 0.3) is 0 Å². The van der Waals surface area contributed by atoms with E-state index in [9.17, 15) is 9.59 Å². The van der Waals surface area contributed by atoms with Gasteiger partial charge < -0.3 is 10.2 Å². The van der Waals surface area contributed by atoms with Gasteiger partial charge in [0.1, 0.15) is 5.54 Å². The number of nitrogens with zero attached hydrogens (tertiary/aromatic N) is 1. The van der Waals surface area contributed by atoms with E-state index in [-0.39, 0.29) is 18.4 Å². The van der Waals surface area contributed by atoms with Crippen LogP contribution in [0.15, 0.2) is 24.3 Å². The summed E-state index contributed by atoms with van der Waals surface area (Å²) in [7, 11) is 0. The summed E-state index contributed by atoms with van der Waals surface area (Å²) in [6.07, 6.45) is 1.26. The van der Waals surface area contributed by atoms with E-state index in [4.69, 9.17) is 0 Å². The van der Waals surface area contributed by atoms with Crippen molar-refractivity contribution in [3.63, 3.8) is 0 Å². The number of hydrogen-bond acceptors (Lipinski definition) is 2. The van der Waals surface area contributed by atoms with Crippen LogP contribution in [0.4, 0.5) is 0 Å². The SMILES string of the molecule is CCC1(CC)C(=O)NCC(=O)N1Cc1ccc(C)cc1. The van der Waals surface area contributed by atoms with Crippen molar-refractivity contribution in [2.24, 2.45) is 0 Å². The summed E-state index contributed by atoms with van der Waals surface area (Å²) >= 11 is 0. The molecule has 4 nitrogen and oxygen atoms in total. The van der Waals surface area contributed by atoms with Gasteiger partial charge in [0.05, 0.1) is 6.54 Å². The van der Waals surface area contributed by atoms with E-state index in [1.54, 1.807) is 4.90 Å². The average Bonchev–Trinajstić information content (AvgIpc) is 2.46. The Labute approximate surface area is 120 Å². The third kappa shape index (κ3) is 2.42. The summed E-state index contributed by atoms with van der Waals surface area (Å²) in [5.74, 6) is -0.0388. The topological polar surface area (TPSA) is 49.4 Å². The van der Waals surface area contributed by atoms with Crippen LogP contribution in [0.2, 0.25) is 0 Å². The number of piperazine rings is 1. The van der Waals surface area contributed by atoms with Gasteiger partial charge in [0, 0.05) is 6.54 Å². The molecule has 2 amide bonds. The fraction of sp³-hybridized carbons (Fsp3) is 0.500. The number of rotatable bonds is 4. The molecule has 20 heavy (non-hydrogen) atoms. The van der Waals surface area contributed by atoms with Crippen molar-refractivity contribution in [1.82, 2.24) is 10.2 Å². The molecule has 0 unspecified atom stereocenters. The maximum atomic E-state index is 12.3. The Hall–Kier alpha value is -1.84. The Bertz CT molecular complexity index is 504. The van der Waals surface area contributed by atoms with Crippen molar-refractivity contribution in [2.45, 2.75) is 45.7 Å². The molecule has 1 aromatic rings. The van der Waals surface area contributed by atoms with Gasteiger partial charge in [-0.1, -0.05) is 43.7 Å². The van der Waals surface area contributed by atoms with E-state index < -0.39 is 5.54 Å². The first-order chi connectivity index (χ1) is 9.53. The largest absolute Gasteiger partial charge is 0.345 e. The van der Waals surface area contributed by atoms with Crippen LogP contribution < -0.4 is 5.32 Å². The zero-order valence-corrected chi connectivity index (χ0v) is 12.4. The number of carbonyl (C=O) groups excluding carboxylic acids is 2. The highest BCUT2D eigenvalue weighted by Gasteiger charge is 2.46. The van der Waals surface area contributed by atoms with Crippen LogP contribution >= 0.6 is 0 Å². The Morgan fingerprint density at radius 1 is 1.15 bits per heavy atom. The molecule has 1 heterocycles. The third-order valence-electron chi connectivity index (χ3n) is 4.27. The Morgan fingerprint density at radius 2 is 1.75 bits per heavy atom. The van der Waals surface area contributed by atoms with Gasteiger partial charge in [-0.3, -0.25) is 9.59 Å². The molecule has 4 heteroatoms. The van der Waals surface area contributed by atoms with Gasteiger partial charge in [-0.15, -0.1) is 0 Å². The zero-order valence-electron chi connectivity index (χ0n) is 12.4. The normalized spacial score (nSPS) is 18.1. The second kappa shape index (κ2) is 5.65. The van der Waals surface area contributed by atoms with E-state index in [1.165, 1.54) is 5.56 Å². The number of amides is 2. The lowest BCUT2D eigenvalue weighted by Gasteiger charge is -2.45. The molecule has 1 aliphatic rings. The fourth-order valence-corrected chi connectivity index (χ4v) is 2.85. The minimum absolute atomic E-state index is 0.00567. The molecule has 0 atom stereocenters. The Balaban J connectivity index is 2.31. The van der Waals surface area contributed by atoms with Crippen molar-refractivity contribution in [3.05, 3.63) is 35.4 Å². The molecule has 0 aromatic heterocycles. The molecule has 1 saturated heterocycles. The van der Waals surface area contributed by atoms with E-state index in [2.05, 4.69) is 5.32 Å². The van der Waals surface area contributed by atoms with Crippen LogP contribution in [-0.2, 0) is 16.1 Å². The van der Waals surface area contributed by atoms with Crippen LogP contribution in [-0.4, -0.2) is 28.8 Å². The van der Waals surface area contributed by atoms with Crippen LogP contribution in [0.25, 0.3) is 0 Å². The lowest BCUT2D eigenvalue weighted by atomic mass is 9.87. The second-order valence-corrected chi connectivity index (χ2v) is 5.39. The summed E-state index contributed by atoms with van der Waals surface area (Å²) in [6, 6.07) is 8.10. The Morgan fingerprint density at radius 3 is 2.30 bits per heavy atom. The van der Waals surface area contributed by atoms with Gasteiger partial charge in [-0.05, 0) is 25.3 Å². The molecule has 0 spiro atoms. The average molecular weight is 274 g/mol. The van der Waals surface area contributed by atoms with Gasteiger partial charge in [0.15, 0.2) is 0 Å². The third-order valence-corrected chi connectivity index (χ3v) is 4.27. The first kappa shape index (κ1) is 14.6. The van der Waals surface area contributed by atoms with Crippen molar-refractivity contribution in [1.29, 1.82) is 0 Å². The standard InChI is InChI=1S/C16H22N2O2/c1-4-16(5-2)15(20)17-10-14(19)18(16)11-13-8-6-12(3)7-9-13/h6-9H,4-5,10-11H2,1-3H3,(H,17,20). The van der Waals surface area contributed by atoms with Gasteiger partial charge in [-0.25, -0.2) is 0 Å². The van der Waals surface area contributed by atoms with E-state index in [0.717, 1.165) is 5.56 Å². The highest BCUT2D eigenvalue weighted by molar-refractivity contribution is 5.97. The van der Waals surface area contributed by atoms with Crippen LogP contribution in [0.5, 0.6) is 0 Å². The predicted octanol–water partition coefficient (Wildman–Crippen LogP) is 2.01. The van der Waals surface area contributed by atoms with Crippen molar-refractivity contribution in [3.8, 4) is 0 Å². The molecule has 0 bridgehead atoms. The van der Waals surface area contributed by atoms with Crippen LogP contribution in [0.1, 0.15) is 37.8 Å². The summed E-state index contributed by atoms with van der Waals surface area (Å²) in [5, 5.41) is 2.72. The van der Waals surface area contributed by atoms with Crippen LogP contribution in [0, 0.1) is 6.92 Å². The number of carbonyl (C=O) groups is 2. The summed E-state index contributed by atoms with van der Waals surface area (Å²) in [4.78, 5) is 26.3. The van der Waals surface area contributed by atoms with Gasteiger partial charge in [-0.2, -0.15) is 0 Å². The van der Waals surface area contributed by atoms with Crippen molar-refractivity contribution >= 4 is 11.8 Å². The van der Waals surface area contributed by atoms with E-state index in [1.807, 2.05) is 45.0 Å². The smallest absolute Gasteiger partial charge is 0.246 e. The van der Waals surface area contributed by atoms with E-state index >= 15 is 0 Å². The van der Waals surface area contributed by atoms with Gasteiger partial charge >= 0.3 is 0 Å². The first-order valence-corrected chi connectivity index (χ1v) is 7.18. The highest BCUT2D eigenvalue weighted by Crippen LogP contribution is 2.29.